The van der Waals surface area contributed by atoms with Crippen LogP contribution < -0.4 is 0 Å². The molecule has 0 saturated carbocycles. The first-order valence-electron chi connectivity index (χ1n) is 7.77. The molecule has 2 nitrogen and oxygen atoms in total. The Hall–Kier alpha value is -2.36. The summed E-state index contributed by atoms with van der Waals surface area (Å²) >= 11 is 0.864. The van der Waals surface area contributed by atoms with Crippen LogP contribution >= 0.6 is 11.8 Å². The van der Waals surface area contributed by atoms with Gasteiger partial charge in [-0.1, -0.05) is 41.6 Å². The zero-order chi connectivity index (χ0) is 20.7. The van der Waals surface area contributed by atoms with Crippen LogP contribution in [-0.2, 0) is 5.92 Å². The number of hydrogen-bond donors (Lipinski definition) is 0. The molecule has 10 heteroatoms. The smallest absolute Gasteiger partial charge is 0.227 e. The van der Waals surface area contributed by atoms with E-state index in [9.17, 15) is 30.7 Å². The Morgan fingerprint density at radius 3 is 2.07 bits per heavy atom. The van der Waals surface area contributed by atoms with Gasteiger partial charge in [-0.15, -0.1) is 0 Å². The van der Waals surface area contributed by atoms with Crippen LogP contribution in [0.5, 0.6) is 0 Å². The second-order valence-corrected chi connectivity index (χ2v) is 7.00. The highest BCUT2D eigenvalue weighted by Crippen LogP contribution is 2.51. The third-order valence-electron chi connectivity index (χ3n) is 3.81. The van der Waals surface area contributed by atoms with Gasteiger partial charge in [-0.25, -0.2) is 9.97 Å². The Labute approximate surface area is 158 Å². The number of fused-ring (bicyclic) bond motifs is 1. The molecular weight excluding hydrogens is 409 g/mol. The lowest BCUT2D eigenvalue weighted by Gasteiger charge is -2.27. The first-order chi connectivity index (χ1) is 12.9. The third kappa shape index (κ3) is 3.52. The summed E-state index contributed by atoms with van der Waals surface area (Å²) in [5.74, 6) is -13.9. The van der Waals surface area contributed by atoms with Crippen molar-refractivity contribution in [2.24, 2.45) is 0 Å². The summed E-state index contributed by atoms with van der Waals surface area (Å²) in [4.78, 5) is 7.27. The lowest BCUT2D eigenvalue weighted by molar-refractivity contribution is -0.361. The fraction of sp³-hybridized carbons (Fsp3) is 0.222. The molecule has 0 spiro atoms. The molecule has 2 aromatic carbocycles. The zero-order valence-electron chi connectivity index (χ0n) is 14.1. The normalized spacial score (nSPS) is 13.1. The van der Waals surface area contributed by atoms with Gasteiger partial charge >= 0.3 is 18.0 Å². The number of alkyl halides is 7. The third-order valence-corrected chi connectivity index (χ3v) is 4.82. The van der Waals surface area contributed by atoms with E-state index in [2.05, 4.69) is 9.97 Å². The maximum atomic E-state index is 14.2. The average molecular weight is 420 g/mol. The zero-order valence-corrected chi connectivity index (χ0v) is 14.9. The average Bonchev–Trinajstić information content (AvgIpc) is 2.61. The minimum absolute atomic E-state index is 0.146. The molecule has 0 atom stereocenters. The van der Waals surface area contributed by atoms with Crippen molar-refractivity contribution in [3.8, 4) is 0 Å². The Kier molecular flexibility index (Phi) is 5.03. The van der Waals surface area contributed by atoms with E-state index in [1.54, 1.807) is 43.3 Å². The van der Waals surface area contributed by atoms with Crippen molar-refractivity contribution >= 4 is 22.7 Å². The van der Waals surface area contributed by atoms with Gasteiger partial charge in [-0.3, -0.25) is 0 Å². The van der Waals surface area contributed by atoms with Crippen LogP contribution in [0.2, 0.25) is 0 Å². The van der Waals surface area contributed by atoms with E-state index in [1.807, 2.05) is 0 Å². The molecule has 1 heterocycles. The number of nitrogens with zero attached hydrogens (tertiary/aromatic N) is 2. The van der Waals surface area contributed by atoms with E-state index in [0.29, 0.717) is 10.5 Å². The van der Waals surface area contributed by atoms with Crippen LogP contribution in [0, 0.1) is 6.92 Å². The van der Waals surface area contributed by atoms with Crippen LogP contribution in [0.3, 0.4) is 0 Å². The van der Waals surface area contributed by atoms with Crippen LogP contribution in [0.4, 0.5) is 30.7 Å². The Balaban J connectivity index is 2.21. The maximum absolute atomic E-state index is 14.2. The molecular formula is C18H11F7N2S. The molecule has 148 valence electrons. The van der Waals surface area contributed by atoms with Gasteiger partial charge in [0.25, 0.3) is 0 Å². The Morgan fingerprint density at radius 2 is 1.46 bits per heavy atom. The quantitative estimate of drug-likeness (QED) is 0.362. The minimum Gasteiger partial charge on any atom is -0.227 e. The van der Waals surface area contributed by atoms with Gasteiger partial charge in [0.15, 0.2) is 0 Å². The molecule has 0 fully saturated rings. The molecule has 1 aromatic heterocycles. The fourth-order valence-corrected chi connectivity index (χ4v) is 3.27. The van der Waals surface area contributed by atoms with Crippen molar-refractivity contribution in [3.05, 3.63) is 59.9 Å². The number of halogens is 7. The molecule has 0 saturated heterocycles. The van der Waals surface area contributed by atoms with Crippen LogP contribution in [0.1, 0.15) is 11.4 Å². The van der Waals surface area contributed by atoms with Gasteiger partial charge in [0.2, 0.25) is 5.82 Å². The van der Waals surface area contributed by atoms with Gasteiger partial charge in [0.1, 0.15) is 5.03 Å². The van der Waals surface area contributed by atoms with Crippen molar-refractivity contribution in [3.63, 3.8) is 0 Å². The monoisotopic (exact) mass is 420 g/mol. The molecule has 0 aliphatic carbocycles. The van der Waals surface area contributed by atoms with E-state index in [-0.39, 0.29) is 15.9 Å². The molecule has 3 aromatic rings. The molecule has 0 bridgehead atoms. The number of aryl methyl sites for hydroxylation is 1. The number of aromatic nitrogens is 2. The van der Waals surface area contributed by atoms with Crippen molar-refractivity contribution < 1.29 is 30.7 Å². The first-order valence-corrected chi connectivity index (χ1v) is 8.59. The summed E-state index contributed by atoms with van der Waals surface area (Å²) in [5.41, 5.74) is 0.554. The lowest BCUT2D eigenvalue weighted by atomic mass is 10.1. The van der Waals surface area contributed by atoms with Crippen LogP contribution in [0.15, 0.2) is 58.5 Å². The molecule has 0 aliphatic rings. The van der Waals surface area contributed by atoms with Gasteiger partial charge in [-0.2, -0.15) is 30.7 Å². The van der Waals surface area contributed by atoms with Crippen molar-refractivity contribution in [1.82, 2.24) is 9.97 Å². The number of rotatable bonds is 4. The minimum atomic E-state index is -6.46. The van der Waals surface area contributed by atoms with Crippen LogP contribution in [0.25, 0.3) is 10.9 Å². The van der Waals surface area contributed by atoms with E-state index >= 15 is 0 Å². The van der Waals surface area contributed by atoms with Gasteiger partial charge < -0.3 is 0 Å². The maximum Gasteiger partial charge on any atom is 0.460 e. The summed E-state index contributed by atoms with van der Waals surface area (Å²) in [7, 11) is 0. The van der Waals surface area contributed by atoms with E-state index < -0.39 is 23.8 Å². The summed E-state index contributed by atoms with van der Waals surface area (Å²) in [6.45, 7) is 1.71. The topological polar surface area (TPSA) is 25.8 Å². The van der Waals surface area contributed by atoms with E-state index in [0.717, 1.165) is 11.8 Å². The van der Waals surface area contributed by atoms with E-state index in [1.165, 1.54) is 12.1 Å². The van der Waals surface area contributed by atoms with Gasteiger partial charge in [0.05, 0.1) is 5.52 Å². The highest BCUT2D eigenvalue weighted by Gasteiger charge is 2.75. The second-order valence-electron chi connectivity index (χ2n) is 5.93. The molecule has 0 unspecified atom stereocenters. The molecule has 0 N–H and O–H groups in total. The number of hydrogen-bond acceptors (Lipinski definition) is 3. The van der Waals surface area contributed by atoms with Gasteiger partial charge in [-0.05, 0) is 31.2 Å². The predicted molar refractivity (Wildman–Crippen MR) is 89.7 cm³/mol. The lowest BCUT2D eigenvalue weighted by Crippen LogP contribution is -2.50. The Bertz CT molecular complexity index is 1000. The highest BCUT2D eigenvalue weighted by molar-refractivity contribution is 7.99. The van der Waals surface area contributed by atoms with E-state index in [4.69, 9.17) is 0 Å². The van der Waals surface area contributed by atoms with Crippen LogP contribution in [-0.4, -0.2) is 22.1 Å². The standard InChI is InChI=1S/C18H11F7N2S/c1-10-7-8-13-12(9-10)14(28-11-5-3-2-4-6-11)27-15(26-13)16(19,20)17(21,22)18(23,24)25/h2-9H,1H3. The highest BCUT2D eigenvalue weighted by atomic mass is 32.2. The summed E-state index contributed by atoms with van der Waals surface area (Å²) < 4.78 is 92.8. The molecule has 28 heavy (non-hydrogen) atoms. The number of benzene rings is 2. The van der Waals surface area contributed by atoms with Crippen molar-refractivity contribution in [2.45, 2.75) is 34.9 Å². The summed E-state index contributed by atoms with van der Waals surface area (Å²) in [6.07, 6.45) is -6.46. The SMILES string of the molecule is Cc1ccc2nc(C(F)(F)C(F)(F)C(F)(F)F)nc(Sc3ccccc3)c2c1. The first kappa shape index (κ1) is 20.4. The largest absolute Gasteiger partial charge is 0.460 e. The summed E-state index contributed by atoms with van der Waals surface area (Å²) in [6, 6.07) is 12.6. The molecule has 0 amide bonds. The molecule has 0 radical (unpaired) electrons. The fourth-order valence-electron chi connectivity index (χ4n) is 2.35. The predicted octanol–water partition coefficient (Wildman–Crippen LogP) is 6.38. The summed E-state index contributed by atoms with van der Waals surface area (Å²) in [5, 5.41) is 0.122. The van der Waals surface area contributed by atoms with Gasteiger partial charge in [0, 0.05) is 10.3 Å². The molecule has 3 rings (SSSR count). The Morgan fingerprint density at radius 1 is 0.821 bits per heavy atom. The van der Waals surface area contributed by atoms with Crippen molar-refractivity contribution in [2.75, 3.05) is 0 Å². The second kappa shape index (κ2) is 6.91. The van der Waals surface area contributed by atoms with Crippen molar-refractivity contribution in [1.29, 1.82) is 0 Å². The molecule has 0 aliphatic heterocycles.